The van der Waals surface area contributed by atoms with Crippen molar-refractivity contribution in [2.75, 3.05) is 39.8 Å². The molecule has 1 rings (SSSR count). The van der Waals surface area contributed by atoms with Gasteiger partial charge in [0.2, 0.25) is 5.91 Å². The highest BCUT2D eigenvalue weighted by Gasteiger charge is 2.15. The summed E-state index contributed by atoms with van der Waals surface area (Å²) in [6.45, 7) is 10.5. The summed E-state index contributed by atoms with van der Waals surface area (Å²) in [5.74, 6) is -0.137. The van der Waals surface area contributed by atoms with Crippen molar-refractivity contribution in [3.8, 4) is 0 Å². The fourth-order valence-electron chi connectivity index (χ4n) is 3.07. The van der Waals surface area contributed by atoms with E-state index in [4.69, 9.17) is 4.74 Å². The summed E-state index contributed by atoms with van der Waals surface area (Å²) in [6, 6.07) is 8.46. The first-order chi connectivity index (χ1) is 13.0. The summed E-state index contributed by atoms with van der Waals surface area (Å²) >= 11 is 0. The van der Waals surface area contributed by atoms with Crippen LogP contribution in [0.15, 0.2) is 24.3 Å². The van der Waals surface area contributed by atoms with Gasteiger partial charge in [-0.2, -0.15) is 0 Å². The highest BCUT2D eigenvalue weighted by atomic mass is 16.5. The number of benzene rings is 1. The normalized spacial score (nSPS) is 10.9. The molecule has 0 aliphatic heterocycles. The molecule has 0 aromatic heterocycles. The van der Waals surface area contributed by atoms with Gasteiger partial charge in [-0.3, -0.25) is 9.59 Å². The highest BCUT2D eigenvalue weighted by Crippen LogP contribution is 2.09. The minimum atomic E-state index is -0.267. The third-order valence-electron chi connectivity index (χ3n) is 4.94. The Hall–Kier alpha value is -1.88. The van der Waals surface area contributed by atoms with Gasteiger partial charge in [-0.05, 0) is 51.4 Å². The van der Waals surface area contributed by atoms with Crippen LogP contribution in [0.25, 0.3) is 0 Å². The first-order valence-electron chi connectivity index (χ1n) is 10.1. The quantitative estimate of drug-likeness (QED) is 0.495. The van der Waals surface area contributed by atoms with Crippen LogP contribution in [0.5, 0.6) is 0 Å². The summed E-state index contributed by atoms with van der Waals surface area (Å²) in [5.41, 5.74) is 2.51. The minimum absolute atomic E-state index is 0.130. The maximum Gasteiger partial charge on any atom is 0.307 e. The Morgan fingerprint density at radius 2 is 1.59 bits per heavy atom. The Morgan fingerprint density at radius 3 is 2.19 bits per heavy atom. The maximum absolute atomic E-state index is 12.7. The average Bonchev–Trinajstić information content (AvgIpc) is 2.68. The van der Waals surface area contributed by atoms with Crippen molar-refractivity contribution >= 4 is 11.9 Å². The molecule has 0 fully saturated rings. The van der Waals surface area contributed by atoms with Crippen molar-refractivity contribution in [3.05, 3.63) is 35.4 Å². The molecule has 0 saturated heterocycles. The van der Waals surface area contributed by atoms with E-state index in [0.717, 1.165) is 38.9 Å². The van der Waals surface area contributed by atoms with E-state index in [9.17, 15) is 9.59 Å². The molecule has 0 atom stereocenters. The number of hydrogen-bond donors (Lipinski definition) is 0. The average molecular weight is 377 g/mol. The molecule has 0 aliphatic rings. The molecular weight excluding hydrogens is 340 g/mol. The zero-order chi connectivity index (χ0) is 20.1. The third-order valence-corrected chi connectivity index (χ3v) is 4.94. The van der Waals surface area contributed by atoms with E-state index < -0.39 is 0 Å². The summed E-state index contributed by atoms with van der Waals surface area (Å²) in [7, 11) is 1.39. The van der Waals surface area contributed by atoms with Gasteiger partial charge in [0.25, 0.3) is 0 Å². The Bertz CT molecular complexity index is 553. The lowest BCUT2D eigenvalue weighted by Gasteiger charge is -2.24. The molecule has 27 heavy (non-hydrogen) atoms. The van der Waals surface area contributed by atoms with Gasteiger partial charge in [-0.25, -0.2) is 0 Å². The smallest absolute Gasteiger partial charge is 0.307 e. The predicted molar refractivity (Wildman–Crippen MR) is 110 cm³/mol. The summed E-state index contributed by atoms with van der Waals surface area (Å²) in [5, 5.41) is 0. The lowest BCUT2D eigenvalue weighted by Crippen LogP contribution is -2.36. The molecule has 5 heteroatoms. The molecule has 0 bridgehead atoms. The maximum atomic E-state index is 12.7. The van der Waals surface area contributed by atoms with Gasteiger partial charge >= 0.3 is 5.97 Å². The molecule has 0 heterocycles. The van der Waals surface area contributed by atoms with Crippen LogP contribution < -0.4 is 0 Å². The van der Waals surface area contributed by atoms with Gasteiger partial charge in [-0.15, -0.1) is 0 Å². The summed E-state index contributed by atoms with van der Waals surface area (Å²) in [4.78, 5) is 28.3. The molecular formula is C22H36N2O3. The van der Waals surface area contributed by atoms with Gasteiger partial charge < -0.3 is 14.5 Å². The van der Waals surface area contributed by atoms with Crippen LogP contribution in [0.2, 0.25) is 0 Å². The van der Waals surface area contributed by atoms with Crippen molar-refractivity contribution in [3.63, 3.8) is 0 Å². The van der Waals surface area contributed by atoms with Gasteiger partial charge in [0, 0.05) is 19.5 Å². The van der Waals surface area contributed by atoms with E-state index in [-0.39, 0.29) is 18.3 Å². The molecule has 0 spiro atoms. The SMILES string of the molecule is CCN(CC)CCCN(CCC(=O)OC)C(=O)CCCc1ccc(C)cc1. The van der Waals surface area contributed by atoms with E-state index in [2.05, 4.69) is 49.9 Å². The lowest BCUT2D eigenvalue weighted by molar-refractivity contribution is -0.141. The van der Waals surface area contributed by atoms with Crippen LogP contribution in [0.4, 0.5) is 0 Å². The molecule has 152 valence electrons. The largest absolute Gasteiger partial charge is 0.469 e. The number of hydrogen-bond acceptors (Lipinski definition) is 4. The second kappa shape index (κ2) is 13.3. The zero-order valence-corrected chi connectivity index (χ0v) is 17.5. The van der Waals surface area contributed by atoms with Gasteiger partial charge in [-0.1, -0.05) is 43.7 Å². The number of esters is 1. The number of aryl methyl sites for hydroxylation is 2. The number of rotatable bonds is 13. The Labute approximate surface area is 164 Å². The van der Waals surface area contributed by atoms with Crippen LogP contribution in [0.3, 0.4) is 0 Å². The molecule has 0 aliphatic carbocycles. The van der Waals surface area contributed by atoms with E-state index >= 15 is 0 Å². The minimum Gasteiger partial charge on any atom is -0.469 e. The zero-order valence-electron chi connectivity index (χ0n) is 17.5. The van der Waals surface area contributed by atoms with Crippen molar-refractivity contribution in [2.45, 2.75) is 52.9 Å². The second-order valence-corrected chi connectivity index (χ2v) is 6.93. The topological polar surface area (TPSA) is 49.9 Å². The fraction of sp³-hybridized carbons (Fsp3) is 0.636. The highest BCUT2D eigenvalue weighted by molar-refractivity contribution is 5.77. The van der Waals surface area contributed by atoms with Gasteiger partial charge in [0.1, 0.15) is 0 Å². The number of nitrogens with zero attached hydrogens (tertiary/aromatic N) is 2. The van der Waals surface area contributed by atoms with Crippen LogP contribution in [-0.2, 0) is 20.7 Å². The summed E-state index contributed by atoms with van der Waals surface area (Å²) < 4.78 is 4.72. The first-order valence-corrected chi connectivity index (χ1v) is 10.1. The number of carbonyl (C=O) groups excluding carboxylic acids is 2. The number of amides is 1. The molecule has 1 amide bonds. The number of ether oxygens (including phenoxy) is 1. The van der Waals surface area contributed by atoms with Crippen LogP contribution in [0.1, 0.15) is 50.7 Å². The lowest BCUT2D eigenvalue weighted by atomic mass is 10.1. The molecule has 0 unspecified atom stereocenters. The second-order valence-electron chi connectivity index (χ2n) is 6.93. The summed E-state index contributed by atoms with van der Waals surface area (Å²) in [6.07, 6.45) is 3.42. The number of methoxy groups -OCH3 is 1. The monoisotopic (exact) mass is 376 g/mol. The Morgan fingerprint density at radius 1 is 0.926 bits per heavy atom. The standard InChI is InChI=1S/C22H36N2O3/c1-5-23(6-2)16-8-17-24(18-15-22(26)27-4)21(25)10-7-9-20-13-11-19(3)12-14-20/h11-14H,5-10,15-18H2,1-4H3. The van der Waals surface area contributed by atoms with Crippen molar-refractivity contribution in [2.24, 2.45) is 0 Å². The number of carbonyl (C=O) groups is 2. The third kappa shape index (κ3) is 9.57. The van der Waals surface area contributed by atoms with Crippen LogP contribution in [0, 0.1) is 6.92 Å². The van der Waals surface area contributed by atoms with Crippen molar-refractivity contribution < 1.29 is 14.3 Å². The van der Waals surface area contributed by atoms with Gasteiger partial charge in [0.05, 0.1) is 13.5 Å². The molecule has 0 radical (unpaired) electrons. The van der Waals surface area contributed by atoms with E-state index in [0.29, 0.717) is 19.5 Å². The van der Waals surface area contributed by atoms with E-state index in [1.165, 1.54) is 18.2 Å². The molecule has 0 N–H and O–H groups in total. The predicted octanol–water partition coefficient (Wildman–Crippen LogP) is 3.44. The van der Waals surface area contributed by atoms with Gasteiger partial charge in [0.15, 0.2) is 0 Å². The van der Waals surface area contributed by atoms with E-state index in [1.807, 2.05) is 4.90 Å². The van der Waals surface area contributed by atoms with E-state index in [1.54, 1.807) is 0 Å². The Kier molecular flexibility index (Phi) is 11.4. The molecule has 5 nitrogen and oxygen atoms in total. The Balaban J connectivity index is 2.48. The fourth-order valence-corrected chi connectivity index (χ4v) is 3.07. The van der Waals surface area contributed by atoms with Crippen molar-refractivity contribution in [1.82, 2.24) is 9.80 Å². The molecule has 1 aromatic carbocycles. The van der Waals surface area contributed by atoms with Crippen LogP contribution >= 0.6 is 0 Å². The molecule has 0 saturated carbocycles. The van der Waals surface area contributed by atoms with Crippen LogP contribution in [-0.4, -0.2) is 61.5 Å². The van der Waals surface area contributed by atoms with Crippen molar-refractivity contribution in [1.29, 1.82) is 0 Å². The molecule has 1 aromatic rings. The first kappa shape index (κ1) is 23.2.